The monoisotopic (exact) mass is 284 g/mol. The quantitative estimate of drug-likeness (QED) is 0.893. The van der Waals surface area contributed by atoms with Gasteiger partial charge in [-0.15, -0.1) is 12.4 Å². The SMILES string of the molecule is Cc1ccc(C(C)NC(=O)C(C)(C)CN)c(C)c1.Cl. The lowest BCUT2D eigenvalue weighted by Gasteiger charge is -2.25. The number of carbonyl (C=O) groups excluding carboxylic acids is 1. The predicted molar refractivity (Wildman–Crippen MR) is 82.6 cm³/mol. The fourth-order valence-electron chi connectivity index (χ4n) is 1.87. The second kappa shape index (κ2) is 6.92. The van der Waals surface area contributed by atoms with Crippen LogP contribution in [0.15, 0.2) is 18.2 Å². The lowest BCUT2D eigenvalue weighted by atomic mass is 9.91. The molecule has 1 amide bonds. The van der Waals surface area contributed by atoms with E-state index in [0.29, 0.717) is 6.54 Å². The van der Waals surface area contributed by atoms with E-state index in [2.05, 4.69) is 37.4 Å². The largest absolute Gasteiger partial charge is 0.349 e. The average molecular weight is 285 g/mol. The van der Waals surface area contributed by atoms with E-state index < -0.39 is 5.41 Å². The van der Waals surface area contributed by atoms with Crippen molar-refractivity contribution in [2.24, 2.45) is 11.1 Å². The zero-order valence-electron chi connectivity index (χ0n) is 12.4. The third-order valence-corrected chi connectivity index (χ3v) is 3.36. The Morgan fingerprint density at radius 3 is 2.42 bits per heavy atom. The Morgan fingerprint density at radius 2 is 1.95 bits per heavy atom. The summed E-state index contributed by atoms with van der Waals surface area (Å²) in [5.74, 6) is -0.00234. The molecule has 1 aromatic rings. The molecular formula is C15H25ClN2O. The Labute approximate surface area is 122 Å². The van der Waals surface area contributed by atoms with Gasteiger partial charge in [-0.2, -0.15) is 0 Å². The number of hydrogen-bond donors (Lipinski definition) is 2. The van der Waals surface area contributed by atoms with Crippen LogP contribution in [0.4, 0.5) is 0 Å². The number of benzene rings is 1. The molecule has 0 aromatic heterocycles. The smallest absolute Gasteiger partial charge is 0.227 e. The van der Waals surface area contributed by atoms with Gasteiger partial charge in [-0.05, 0) is 45.7 Å². The van der Waals surface area contributed by atoms with Crippen LogP contribution in [-0.2, 0) is 4.79 Å². The van der Waals surface area contributed by atoms with E-state index >= 15 is 0 Å². The van der Waals surface area contributed by atoms with Gasteiger partial charge in [-0.3, -0.25) is 4.79 Å². The van der Waals surface area contributed by atoms with Crippen LogP contribution in [0.1, 0.15) is 43.5 Å². The standard InChI is InChI=1S/C15H24N2O.ClH/c1-10-6-7-13(11(2)8-10)12(3)17-14(18)15(4,5)9-16;/h6-8,12H,9,16H2,1-5H3,(H,17,18);1H. The average Bonchev–Trinajstić information content (AvgIpc) is 2.28. The Hall–Kier alpha value is -1.06. The highest BCUT2D eigenvalue weighted by atomic mass is 35.5. The highest BCUT2D eigenvalue weighted by Crippen LogP contribution is 2.21. The van der Waals surface area contributed by atoms with Gasteiger partial charge in [0.2, 0.25) is 5.91 Å². The number of hydrogen-bond acceptors (Lipinski definition) is 2. The minimum atomic E-state index is -0.521. The van der Waals surface area contributed by atoms with Crippen LogP contribution in [0, 0.1) is 19.3 Å². The Kier molecular flexibility index (Phi) is 6.53. The fraction of sp³-hybridized carbons (Fsp3) is 0.533. The van der Waals surface area contributed by atoms with Crippen molar-refractivity contribution in [3.05, 3.63) is 34.9 Å². The minimum Gasteiger partial charge on any atom is -0.349 e. The van der Waals surface area contributed by atoms with Crippen LogP contribution >= 0.6 is 12.4 Å². The number of aryl methyl sites for hydroxylation is 2. The maximum Gasteiger partial charge on any atom is 0.227 e. The Morgan fingerprint density at radius 1 is 1.37 bits per heavy atom. The van der Waals surface area contributed by atoms with Crippen molar-refractivity contribution >= 4 is 18.3 Å². The minimum absolute atomic E-state index is 0. The summed E-state index contributed by atoms with van der Waals surface area (Å²) in [4.78, 5) is 12.1. The first-order valence-corrected chi connectivity index (χ1v) is 6.36. The summed E-state index contributed by atoms with van der Waals surface area (Å²) in [6, 6.07) is 6.28. The Bertz CT molecular complexity index is 444. The Balaban J connectivity index is 0.00000324. The van der Waals surface area contributed by atoms with Gasteiger partial charge in [0.25, 0.3) is 0 Å². The summed E-state index contributed by atoms with van der Waals surface area (Å²) in [6.45, 7) is 10.2. The van der Waals surface area contributed by atoms with Crippen molar-refractivity contribution in [2.45, 2.75) is 40.7 Å². The molecule has 1 atom stereocenters. The van der Waals surface area contributed by atoms with Crippen LogP contribution in [-0.4, -0.2) is 12.5 Å². The van der Waals surface area contributed by atoms with E-state index in [9.17, 15) is 4.79 Å². The van der Waals surface area contributed by atoms with Gasteiger partial charge in [0.1, 0.15) is 0 Å². The van der Waals surface area contributed by atoms with Crippen LogP contribution in [0.5, 0.6) is 0 Å². The normalized spacial score (nSPS) is 12.5. The van der Waals surface area contributed by atoms with Crippen molar-refractivity contribution in [2.75, 3.05) is 6.54 Å². The van der Waals surface area contributed by atoms with E-state index in [1.807, 2.05) is 20.8 Å². The van der Waals surface area contributed by atoms with Crippen molar-refractivity contribution < 1.29 is 4.79 Å². The molecule has 0 bridgehead atoms. The van der Waals surface area contributed by atoms with Gasteiger partial charge >= 0.3 is 0 Å². The molecule has 3 nitrogen and oxygen atoms in total. The zero-order chi connectivity index (χ0) is 13.9. The van der Waals surface area contributed by atoms with Gasteiger partial charge in [-0.25, -0.2) is 0 Å². The van der Waals surface area contributed by atoms with E-state index in [1.54, 1.807) is 0 Å². The number of amides is 1. The molecule has 1 aromatic carbocycles. The first-order chi connectivity index (χ1) is 8.27. The molecule has 0 saturated carbocycles. The maximum absolute atomic E-state index is 12.1. The molecule has 0 heterocycles. The third kappa shape index (κ3) is 4.51. The van der Waals surface area contributed by atoms with Crippen molar-refractivity contribution in [1.29, 1.82) is 0 Å². The molecule has 0 aliphatic carbocycles. The number of nitrogens with two attached hydrogens (primary N) is 1. The predicted octanol–water partition coefficient (Wildman–Crippen LogP) is 2.89. The van der Waals surface area contributed by atoms with E-state index in [-0.39, 0.29) is 24.4 Å². The molecule has 19 heavy (non-hydrogen) atoms. The van der Waals surface area contributed by atoms with E-state index in [1.165, 1.54) is 11.1 Å². The second-order valence-corrected chi connectivity index (χ2v) is 5.64. The van der Waals surface area contributed by atoms with Gasteiger partial charge in [0, 0.05) is 6.54 Å². The second-order valence-electron chi connectivity index (χ2n) is 5.64. The topological polar surface area (TPSA) is 55.1 Å². The summed E-state index contributed by atoms with van der Waals surface area (Å²) in [6.07, 6.45) is 0. The molecule has 1 rings (SSSR count). The number of carbonyl (C=O) groups is 1. The highest BCUT2D eigenvalue weighted by molar-refractivity contribution is 5.85. The van der Waals surface area contributed by atoms with Crippen LogP contribution < -0.4 is 11.1 Å². The van der Waals surface area contributed by atoms with Gasteiger partial charge in [-0.1, -0.05) is 23.8 Å². The molecule has 108 valence electrons. The summed E-state index contributed by atoms with van der Waals surface area (Å²) in [5.41, 5.74) is 8.68. The lowest BCUT2D eigenvalue weighted by Crippen LogP contribution is -2.42. The van der Waals surface area contributed by atoms with Crippen molar-refractivity contribution in [1.82, 2.24) is 5.32 Å². The van der Waals surface area contributed by atoms with Gasteiger partial charge in [0.05, 0.1) is 11.5 Å². The van der Waals surface area contributed by atoms with Crippen molar-refractivity contribution in [3.8, 4) is 0 Å². The number of rotatable bonds is 4. The molecule has 4 heteroatoms. The summed E-state index contributed by atoms with van der Waals surface area (Å²) >= 11 is 0. The first-order valence-electron chi connectivity index (χ1n) is 6.36. The molecule has 0 radical (unpaired) electrons. The van der Waals surface area contributed by atoms with Gasteiger partial charge in [0.15, 0.2) is 0 Å². The highest BCUT2D eigenvalue weighted by Gasteiger charge is 2.27. The zero-order valence-corrected chi connectivity index (χ0v) is 13.2. The number of halogens is 1. The molecule has 0 aliphatic heterocycles. The number of nitrogens with one attached hydrogen (secondary N) is 1. The first kappa shape index (κ1) is 17.9. The van der Waals surface area contributed by atoms with E-state index in [0.717, 1.165) is 5.56 Å². The molecule has 0 spiro atoms. The third-order valence-electron chi connectivity index (χ3n) is 3.36. The van der Waals surface area contributed by atoms with Crippen molar-refractivity contribution in [3.63, 3.8) is 0 Å². The molecule has 0 saturated heterocycles. The van der Waals surface area contributed by atoms with Crippen LogP contribution in [0.3, 0.4) is 0 Å². The summed E-state index contributed by atoms with van der Waals surface area (Å²) < 4.78 is 0. The molecule has 3 N–H and O–H groups in total. The van der Waals surface area contributed by atoms with Gasteiger partial charge < -0.3 is 11.1 Å². The molecule has 1 unspecified atom stereocenters. The lowest BCUT2D eigenvalue weighted by molar-refractivity contribution is -0.129. The maximum atomic E-state index is 12.1. The molecule has 0 fully saturated rings. The van der Waals surface area contributed by atoms with Crippen LogP contribution in [0.2, 0.25) is 0 Å². The molecular weight excluding hydrogens is 260 g/mol. The molecule has 0 aliphatic rings. The summed E-state index contributed by atoms with van der Waals surface area (Å²) in [7, 11) is 0. The van der Waals surface area contributed by atoms with E-state index in [4.69, 9.17) is 5.73 Å². The van der Waals surface area contributed by atoms with Crippen LogP contribution in [0.25, 0.3) is 0 Å². The fourth-order valence-corrected chi connectivity index (χ4v) is 1.87. The summed E-state index contributed by atoms with van der Waals surface area (Å²) in [5, 5.41) is 3.03.